The van der Waals surface area contributed by atoms with Gasteiger partial charge in [-0.05, 0) is 66.4 Å². The molecule has 2 aromatic heterocycles. The van der Waals surface area contributed by atoms with Crippen LogP contribution in [0.1, 0.15) is 29.7 Å². The molecule has 1 N–H and O–H groups in total. The van der Waals surface area contributed by atoms with E-state index in [1.807, 2.05) is 54.4 Å². The van der Waals surface area contributed by atoms with Crippen molar-refractivity contribution in [1.29, 1.82) is 0 Å². The van der Waals surface area contributed by atoms with Gasteiger partial charge in [-0.25, -0.2) is 4.39 Å². The van der Waals surface area contributed by atoms with Gasteiger partial charge in [0.05, 0.1) is 11.5 Å². The number of rotatable bonds is 6. The molecule has 0 bridgehead atoms. The van der Waals surface area contributed by atoms with Gasteiger partial charge in [-0.15, -0.1) is 0 Å². The van der Waals surface area contributed by atoms with E-state index < -0.39 is 5.97 Å². The number of hydrogen-bond acceptors (Lipinski definition) is 4. The van der Waals surface area contributed by atoms with Gasteiger partial charge in [-0.1, -0.05) is 18.2 Å². The van der Waals surface area contributed by atoms with Gasteiger partial charge in [0.1, 0.15) is 17.2 Å². The molecule has 5 rings (SSSR count). The molecule has 4 aromatic rings. The number of aromatic nitrogens is 1. The third kappa shape index (κ3) is 3.89. The number of carbonyl (C=O) groups is 1. The summed E-state index contributed by atoms with van der Waals surface area (Å²) in [5.74, 6) is -0.965. The monoisotopic (exact) mass is 430 g/mol. The molecule has 162 valence electrons. The Labute approximate surface area is 185 Å². The maximum absolute atomic E-state index is 15.0. The predicted octanol–water partition coefficient (Wildman–Crippen LogP) is 5.30. The Morgan fingerprint density at radius 1 is 1.19 bits per heavy atom. The largest absolute Gasteiger partial charge is 0.481 e. The minimum atomic E-state index is -0.775. The second-order valence-electron chi connectivity index (χ2n) is 8.43. The number of likely N-dealkylation sites (tertiary alicyclic amines) is 1. The first-order valence-electron chi connectivity index (χ1n) is 10.7. The lowest BCUT2D eigenvalue weighted by molar-refractivity contribution is -0.148. The first-order chi connectivity index (χ1) is 15.5. The molecule has 5 nitrogen and oxygen atoms in total. The SMILES string of the molecule is CC(c1ccc(-c2cc3cc(Cc4cccnc4)ccc3o2)c(F)c1)N1CC(C(=O)O)C1. The molecule has 0 radical (unpaired) electrons. The summed E-state index contributed by atoms with van der Waals surface area (Å²) in [7, 11) is 0. The summed E-state index contributed by atoms with van der Waals surface area (Å²) in [6.07, 6.45) is 4.38. The topological polar surface area (TPSA) is 66.6 Å². The lowest BCUT2D eigenvalue weighted by atomic mass is 9.94. The van der Waals surface area contributed by atoms with Crippen molar-refractivity contribution in [3.8, 4) is 11.3 Å². The lowest BCUT2D eigenvalue weighted by Gasteiger charge is -2.41. The number of aliphatic carboxylic acids is 1. The third-order valence-electron chi connectivity index (χ3n) is 6.26. The maximum Gasteiger partial charge on any atom is 0.309 e. The fraction of sp³-hybridized carbons (Fsp3) is 0.231. The molecule has 1 unspecified atom stereocenters. The van der Waals surface area contributed by atoms with Crippen molar-refractivity contribution in [1.82, 2.24) is 9.88 Å². The van der Waals surface area contributed by atoms with E-state index in [1.54, 1.807) is 12.3 Å². The van der Waals surface area contributed by atoms with Crippen LogP contribution in [-0.4, -0.2) is 34.0 Å². The summed E-state index contributed by atoms with van der Waals surface area (Å²) in [6, 6.07) is 16.9. The first kappa shape index (κ1) is 20.4. The van der Waals surface area contributed by atoms with Crippen LogP contribution in [0.3, 0.4) is 0 Å². The number of carboxylic acid groups (broad SMARTS) is 1. The summed E-state index contributed by atoms with van der Waals surface area (Å²) in [6.45, 7) is 2.95. The number of furan rings is 1. The van der Waals surface area contributed by atoms with Crippen molar-refractivity contribution in [2.75, 3.05) is 13.1 Å². The zero-order valence-corrected chi connectivity index (χ0v) is 17.7. The molecule has 1 fully saturated rings. The van der Waals surface area contributed by atoms with Gasteiger partial charge in [0.25, 0.3) is 0 Å². The number of pyridine rings is 1. The number of halogens is 1. The summed E-state index contributed by atoms with van der Waals surface area (Å²) in [5, 5.41) is 9.99. The average Bonchev–Trinajstić information content (AvgIpc) is 3.16. The van der Waals surface area contributed by atoms with E-state index >= 15 is 4.39 Å². The number of hydrogen-bond donors (Lipinski definition) is 1. The Hall–Kier alpha value is -3.51. The average molecular weight is 430 g/mol. The molecule has 0 aliphatic carbocycles. The van der Waals surface area contributed by atoms with Crippen LogP contribution >= 0.6 is 0 Å². The zero-order valence-electron chi connectivity index (χ0n) is 17.7. The molecule has 32 heavy (non-hydrogen) atoms. The van der Waals surface area contributed by atoms with Crippen LogP contribution in [0.4, 0.5) is 4.39 Å². The van der Waals surface area contributed by atoms with Gasteiger partial charge >= 0.3 is 5.97 Å². The van der Waals surface area contributed by atoms with Crippen molar-refractivity contribution >= 4 is 16.9 Å². The number of fused-ring (bicyclic) bond motifs is 1. The maximum atomic E-state index is 15.0. The Bertz CT molecular complexity index is 1280. The number of benzene rings is 2. The quantitative estimate of drug-likeness (QED) is 0.450. The predicted molar refractivity (Wildman–Crippen MR) is 120 cm³/mol. The molecule has 0 amide bonds. The van der Waals surface area contributed by atoms with E-state index in [2.05, 4.69) is 11.1 Å². The number of nitrogens with zero attached hydrogens (tertiary/aromatic N) is 2. The summed E-state index contributed by atoms with van der Waals surface area (Å²) < 4.78 is 20.9. The van der Waals surface area contributed by atoms with Crippen LogP contribution in [0.15, 0.2) is 71.4 Å². The Kier molecular flexibility index (Phi) is 5.23. The van der Waals surface area contributed by atoms with Gasteiger partial charge in [0, 0.05) is 36.9 Å². The highest BCUT2D eigenvalue weighted by molar-refractivity contribution is 5.83. The molecule has 2 aromatic carbocycles. The number of carboxylic acids is 1. The van der Waals surface area contributed by atoms with Crippen LogP contribution in [-0.2, 0) is 11.2 Å². The van der Waals surface area contributed by atoms with Gasteiger partial charge in [-0.2, -0.15) is 0 Å². The fourth-order valence-corrected chi connectivity index (χ4v) is 4.26. The molecule has 6 heteroatoms. The van der Waals surface area contributed by atoms with E-state index in [9.17, 15) is 4.79 Å². The first-order valence-corrected chi connectivity index (χ1v) is 10.7. The Balaban J connectivity index is 1.36. The van der Waals surface area contributed by atoms with Crippen LogP contribution in [0.2, 0.25) is 0 Å². The molecule has 1 aliphatic heterocycles. The molecule has 1 atom stereocenters. The Morgan fingerprint density at radius 2 is 2.03 bits per heavy atom. The van der Waals surface area contributed by atoms with Crippen molar-refractivity contribution in [3.05, 3.63) is 89.5 Å². The van der Waals surface area contributed by atoms with Gasteiger partial charge < -0.3 is 9.52 Å². The van der Waals surface area contributed by atoms with Crippen LogP contribution in [0.25, 0.3) is 22.3 Å². The van der Waals surface area contributed by atoms with Gasteiger partial charge in [0.2, 0.25) is 0 Å². The smallest absolute Gasteiger partial charge is 0.309 e. The Morgan fingerprint density at radius 3 is 2.75 bits per heavy atom. The molecule has 1 aliphatic rings. The molecule has 0 saturated carbocycles. The highest BCUT2D eigenvalue weighted by Gasteiger charge is 2.35. The molecular weight excluding hydrogens is 407 g/mol. The molecular formula is C26H23FN2O3. The van der Waals surface area contributed by atoms with E-state index in [0.29, 0.717) is 30.0 Å². The highest BCUT2D eigenvalue weighted by Crippen LogP contribution is 2.34. The minimum Gasteiger partial charge on any atom is -0.481 e. The van der Waals surface area contributed by atoms with Crippen LogP contribution in [0, 0.1) is 11.7 Å². The second-order valence-corrected chi connectivity index (χ2v) is 8.43. The highest BCUT2D eigenvalue weighted by atomic mass is 19.1. The normalized spacial score (nSPS) is 15.6. The lowest BCUT2D eigenvalue weighted by Crippen LogP contribution is -2.51. The molecule has 0 spiro atoms. The summed E-state index contributed by atoms with van der Waals surface area (Å²) in [5.41, 5.74) is 4.22. The summed E-state index contributed by atoms with van der Waals surface area (Å²) >= 11 is 0. The van der Waals surface area contributed by atoms with Crippen molar-refractivity contribution in [2.24, 2.45) is 5.92 Å². The zero-order chi connectivity index (χ0) is 22.2. The van der Waals surface area contributed by atoms with E-state index in [-0.39, 0.29) is 17.8 Å². The summed E-state index contributed by atoms with van der Waals surface area (Å²) in [4.78, 5) is 17.2. The standard InChI is InChI=1S/C26H23FN2O3/c1-16(29-14-21(15-29)26(30)31)19-5-6-22(23(27)11-19)25-12-20-10-17(4-7-24(20)32-25)9-18-3-2-8-28-13-18/h2-8,10-13,16,21H,9,14-15H2,1H3,(H,30,31). The second kappa shape index (κ2) is 8.20. The van der Waals surface area contributed by atoms with Crippen molar-refractivity contribution < 1.29 is 18.7 Å². The minimum absolute atomic E-state index is 0.0418. The van der Waals surface area contributed by atoms with Gasteiger partial charge in [-0.3, -0.25) is 14.7 Å². The van der Waals surface area contributed by atoms with Crippen LogP contribution < -0.4 is 0 Å². The fourth-order valence-electron chi connectivity index (χ4n) is 4.26. The van der Waals surface area contributed by atoms with Crippen molar-refractivity contribution in [3.63, 3.8) is 0 Å². The van der Waals surface area contributed by atoms with E-state index in [0.717, 1.165) is 28.5 Å². The molecule has 1 saturated heterocycles. The van der Waals surface area contributed by atoms with E-state index in [1.165, 1.54) is 6.07 Å². The van der Waals surface area contributed by atoms with Gasteiger partial charge in [0.15, 0.2) is 0 Å². The van der Waals surface area contributed by atoms with E-state index in [4.69, 9.17) is 9.52 Å². The van der Waals surface area contributed by atoms with Crippen LogP contribution in [0.5, 0.6) is 0 Å². The third-order valence-corrected chi connectivity index (χ3v) is 6.26. The van der Waals surface area contributed by atoms with Crippen molar-refractivity contribution in [2.45, 2.75) is 19.4 Å². The molecule has 3 heterocycles.